The van der Waals surface area contributed by atoms with E-state index in [-0.39, 0.29) is 12.4 Å². The third kappa shape index (κ3) is 4.98. The Hall–Kier alpha value is -2.09. The molecular weight excluding hydrogens is 212 g/mol. The summed E-state index contributed by atoms with van der Waals surface area (Å²) in [6, 6.07) is 9.09. The van der Waals surface area contributed by atoms with Gasteiger partial charge in [-0.25, -0.2) is 0 Å². The van der Waals surface area contributed by atoms with Crippen LogP contribution in [0, 0.1) is 0 Å². The minimum absolute atomic E-state index is 0.0281. The average Bonchev–Trinajstić information content (AvgIpc) is 2.38. The van der Waals surface area contributed by atoms with Crippen LogP contribution in [0.5, 0.6) is 0 Å². The van der Waals surface area contributed by atoms with Crippen molar-refractivity contribution >= 4 is 5.78 Å². The molecule has 0 fully saturated rings. The second-order valence-corrected chi connectivity index (χ2v) is 3.54. The predicted octanol–water partition coefficient (Wildman–Crippen LogP) is 3.53. The van der Waals surface area contributed by atoms with E-state index in [1.807, 2.05) is 31.2 Å². The van der Waals surface area contributed by atoms with E-state index in [4.69, 9.17) is 4.74 Å². The Morgan fingerprint density at radius 3 is 2.71 bits per heavy atom. The Labute approximate surface area is 102 Å². The quantitative estimate of drug-likeness (QED) is 0.423. The molecule has 0 radical (unpaired) electrons. The summed E-state index contributed by atoms with van der Waals surface area (Å²) in [5, 5.41) is 0. The van der Waals surface area contributed by atoms with Crippen molar-refractivity contribution in [3.63, 3.8) is 0 Å². The van der Waals surface area contributed by atoms with Gasteiger partial charge in [-0.15, -0.1) is 0 Å². The number of allylic oxidation sites excluding steroid dienone is 4. The Balaban J connectivity index is 2.37. The summed E-state index contributed by atoms with van der Waals surface area (Å²) in [4.78, 5) is 11.6. The number of hydrogen-bond donors (Lipinski definition) is 0. The standard InChI is InChI=1S/C15H16O2/c1-3-13(2)8-7-11-17-12-15(16)14-9-5-4-6-10-14/h3-11H,1,12H2,2H3. The molecule has 0 saturated carbocycles. The minimum Gasteiger partial charge on any atom is -0.493 e. The summed E-state index contributed by atoms with van der Waals surface area (Å²) < 4.78 is 5.14. The van der Waals surface area contributed by atoms with Crippen LogP contribution in [0.3, 0.4) is 0 Å². The van der Waals surface area contributed by atoms with Gasteiger partial charge in [-0.3, -0.25) is 4.79 Å². The van der Waals surface area contributed by atoms with Gasteiger partial charge in [-0.05, 0) is 13.0 Å². The lowest BCUT2D eigenvalue weighted by atomic mass is 10.1. The molecular formula is C15H16O2. The molecule has 1 aromatic carbocycles. The number of ether oxygens (including phenoxy) is 1. The van der Waals surface area contributed by atoms with Crippen LogP contribution in [-0.2, 0) is 4.74 Å². The van der Waals surface area contributed by atoms with Crippen LogP contribution in [0.25, 0.3) is 0 Å². The van der Waals surface area contributed by atoms with Crippen molar-refractivity contribution in [1.29, 1.82) is 0 Å². The molecule has 0 spiro atoms. The zero-order valence-electron chi connectivity index (χ0n) is 9.93. The minimum atomic E-state index is -0.0281. The maximum atomic E-state index is 11.6. The molecule has 0 aliphatic carbocycles. The SMILES string of the molecule is C=CC(C)=CC=COCC(=O)c1ccccc1. The molecule has 0 atom stereocenters. The summed E-state index contributed by atoms with van der Waals surface area (Å²) in [5.41, 5.74) is 1.71. The van der Waals surface area contributed by atoms with Crippen LogP contribution in [0.2, 0.25) is 0 Å². The van der Waals surface area contributed by atoms with Gasteiger partial charge in [0, 0.05) is 5.56 Å². The molecule has 2 heteroatoms. The van der Waals surface area contributed by atoms with Gasteiger partial charge < -0.3 is 4.74 Å². The molecule has 17 heavy (non-hydrogen) atoms. The van der Waals surface area contributed by atoms with Crippen molar-refractivity contribution in [2.75, 3.05) is 6.61 Å². The molecule has 0 saturated heterocycles. The molecule has 0 aromatic heterocycles. The van der Waals surface area contributed by atoms with Crippen LogP contribution in [0.1, 0.15) is 17.3 Å². The number of benzene rings is 1. The second-order valence-electron chi connectivity index (χ2n) is 3.54. The molecule has 0 N–H and O–H groups in total. The zero-order valence-corrected chi connectivity index (χ0v) is 9.93. The molecule has 88 valence electrons. The first-order valence-corrected chi connectivity index (χ1v) is 5.40. The van der Waals surface area contributed by atoms with Crippen molar-refractivity contribution in [2.24, 2.45) is 0 Å². The van der Waals surface area contributed by atoms with E-state index in [1.54, 1.807) is 24.3 Å². The Morgan fingerprint density at radius 1 is 1.35 bits per heavy atom. The van der Waals surface area contributed by atoms with E-state index in [1.165, 1.54) is 6.26 Å². The lowest BCUT2D eigenvalue weighted by molar-refractivity contribution is 0.0887. The molecule has 0 aliphatic heterocycles. The lowest BCUT2D eigenvalue weighted by Gasteiger charge is -1.99. The number of carbonyl (C=O) groups excluding carboxylic acids is 1. The van der Waals surface area contributed by atoms with E-state index in [0.717, 1.165) is 5.57 Å². The number of rotatable bonds is 6. The van der Waals surface area contributed by atoms with Gasteiger partial charge in [0.25, 0.3) is 0 Å². The fourth-order valence-corrected chi connectivity index (χ4v) is 1.15. The molecule has 1 aromatic rings. The van der Waals surface area contributed by atoms with Gasteiger partial charge in [0.05, 0.1) is 6.26 Å². The van der Waals surface area contributed by atoms with Gasteiger partial charge in [-0.1, -0.05) is 54.6 Å². The molecule has 0 amide bonds. The smallest absolute Gasteiger partial charge is 0.200 e. The highest BCUT2D eigenvalue weighted by Crippen LogP contribution is 2.00. The molecule has 0 unspecified atom stereocenters. The first-order chi connectivity index (χ1) is 8.24. The highest BCUT2D eigenvalue weighted by Gasteiger charge is 2.03. The topological polar surface area (TPSA) is 26.3 Å². The summed E-state index contributed by atoms with van der Waals surface area (Å²) in [5.74, 6) is -0.0281. The number of hydrogen-bond acceptors (Lipinski definition) is 2. The van der Waals surface area contributed by atoms with E-state index in [9.17, 15) is 4.79 Å². The van der Waals surface area contributed by atoms with Gasteiger partial charge in [0.15, 0.2) is 12.4 Å². The van der Waals surface area contributed by atoms with E-state index < -0.39 is 0 Å². The number of carbonyl (C=O) groups is 1. The number of Topliss-reactive ketones (excluding diaryl/α,β-unsaturated/α-hetero) is 1. The molecule has 0 bridgehead atoms. The van der Waals surface area contributed by atoms with Crippen molar-refractivity contribution in [3.05, 3.63) is 72.5 Å². The van der Waals surface area contributed by atoms with Gasteiger partial charge in [0.1, 0.15) is 0 Å². The molecule has 1 rings (SSSR count). The van der Waals surface area contributed by atoms with Gasteiger partial charge in [-0.2, -0.15) is 0 Å². The summed E-state index contributed by atoms with van der Waals surface area (Å²) in [6.45, 7) is 5.62. The average molecular weight is 228 g/mol. The van der Waals surface area contributed by atoms with E-state index in [2.05, 4.69) is 6.58 Å². The third-order valence-corrected chi connectivity index (χ3v) is 2.17. The zero-order chi connectivity index (χ0) is 12.5. The van der Waals surface area contributed by atoms with Crippen LogP contribution in [0.15, 0.2) is 67.0 Å². The van der Waals surface area contributed by atoms with Crippen LogP contribution >= 0.6 is 0 Å². The largest absolute Gasteiger partial charge is 0.493 e. The molecule has 2 nitrogen and oxygen atoms in total. The normalized spacial score (nSPS) is 11.5. The Bertz CT molecular complexity index is 427. The predicted molar refractivity (Wildman–Crippen MR) is 69.8 cm³/mol. The summed E-state index contributed by atoms with van der Waals surface area (Å²) in [7, 11) is 0. The fraction of sp³-hybridized carbons (Fsp3) is 0.133. The third-order valence-electron chi connectivity index (χ3n) is 2.17. The maximum absolute atomic E-state index is 11.6. The monoisotopic (exact) mass is 228 g/mol. The summed E-state index contributed by atoms with van der Waals surface area (Å²) in [6.07, 6.45) is 6.86. The van der Waals surface area contributed by atoms with Crippen molar-refractivity contribution in [3.8, 4) is 0 Å². The van der Waals surface area contributed by atoms with Gasteiger partial charge >= 0.3 is 0 Å². The van der Waals surface area contributed by atoms with Crippen LogP contribution in [-0.4, -0.2) is 12.4 Å². The lowest BCUT2D eigenvalue weighted by Crippen LogP contribution is -2.05. The molecule has 0 aliphatic rings. The van der Waals surface area contributed by atoms with Gasteiger partial charge in [0.2, 0.25) is 0 Å². The Kier molecular flexibility index (Phi) is 5.52. The Morgan fingerprint density at radius 2 is 2.06 bits per heavy atom. The highest BCUT2D eigenvalue weighted by atomic mass is 16.5. The van der Waals surface area contributed by atoms with Crippen molar-refractivity contribution in [2.45, 2.75) is 6.92 Å². The first kappa shape index (κ1) is 13.0. The molecule has 0 heterocycles. The maximum Gasteiger partial charge on any atom is 0.200 e. The van der Waals surface area contributed by atoms with Crippen molar-refractivity contribution in [1.82, 2.24) is 0 Å². The van der Waals surface area contributed by atoms with Crippen LogP contribution in [0.4, 0.5) is 0 Å². The summed E-state index contributed by atoms with van der Waals surface area (Å²) >= 11 is 0. The van der Waals surface area contributed by atoms with Crippen LogP contribution < -0.4 is 0 Å². The highest BCUT2D eigenvalue weighted by molar-refractivity contribution is 5.97. The van der Waals surface area contributed by atoms with E-state index >= 15 is 0 Å². The number of ketones is 1. The second kappa shape index (κ2) is 7.23. The fourth-order valence-electron chi connectivity index (χ4n) is 1.15. The first-order valence-electron chi connectivity index (χ1n) is 5.40. The van der Waals surface area contributed by atoms with E-state index in [0.29, 0.717) is 5.56 Å². The van der Waals surface area contributed by atoms with Crippen molar-refractivity contribution < 1.29 is 9.53 Å².